The molecule has 0 unspecified atom stereocenters. The Balaban J connectivity index is 1.74. The molecule has 3 aromatic carbocycles. The monoisotopic (exact) mass is 302 g/mol. The van der Waals surface area contributed by atoms with Crippen molar-refractivity contribution in [2.45, 2.75) is 6.92 Å². The SMILES string of the molecule is Cc1cccc(Nc2cccc(NC(=O)c3ccccc3)c2)c1. The summed E-state index contributed by atoms with van der Waals surface area (Å²) in [7, 11) is 0. The van der Waals surface area contributed by atoms with Crippen molar-refractivity contribution in [3.63, 3.8) is 0 Å². The number of aryl methyl sites for hydroxylation is 1. The lowest BCUT2D eigenvalue weighted by atomic mass is 10.2. The lowest BCUT2D eigenvalue weighted by Gasteiger charge is -2.10. The van der Waals surface area contributed by atoms with Crippen molar-refractivity contribution >= 4 is 23.0 Å². The molecule has 0 radical (unpaired) electrons. The summed E-state index contributed by atoms with van der Waals surface area (Å²) in [5.41, 5.74) is 4.56. The number of carbonyl (C=O) groups is 1. The molecule has 2 N–H and O–H groups in total. The fraction of sp³-hybridized carbons (Fsp3) is 0.0500. The molecule has 0 aromatic heterocycles. The van der Waals surface area contributed by atoms with E-state index >= 15 is 0 Å². The number of anilines is 3. The van der Waals surface area contributed by atoms with Gasteiger partial charge in [0.05, 0.1) is 0 Å². The average molecular weight is 302 g/mol. The van der Waals surface area contributed by atoms with Crippen LogP contribution in [0.25, 0.3) is 0 Å². The predicted molar refractivity (Wildman–Crippen MR) is 95.3 cm³/mol. The smallest absolute Gasteiger partial charge is 0.255 e. The Kier molecular flexibility index (Phi) is 4.39. The highest BCUT2D eigenvalue weighted by atomic mass is 16.1. The molecule has 23 heavy (non-hydrogen) atoms. The number of hydrogen-bond donors (Lipinski definition) is 2. The Hall–Kier alpha value is -3.07. The Morgan fingerprint density at radius 2 is 1.39 bits per heavy atom. The summed E-state index contributed by atoms with van der Waals surface area (Å²) in [5, 5.41) is 6.26. The van der Waals surface area contributed by atoms with Crippen LogP contribution in [0.5, 0.6) is 0 Å². The number of carbonyl (C=O) groups excluding carboxylic acids is 1. The molecule has 3 heteroatoms. The van der Waals surface area contributed by atoms with E-state index in [1.807, 2.05) is 54.6 Å². The third-order valence-electron chi connectivity index (χ3n) is 3.46. The summed E-state index contributed by atoms with van der Waals surface area (Å²) >= 11 is 0. The van der Waals surface area contributed by atoms with Gasteiger partial charge in [-0.15, -0.1) is 0 Å². The van der Waals surface area contributed by atoms with Crippen LogP contribution in [0.1, 0.15) is 15.9 Å². The van der Waals surface area contributed by atoms with E-state index in [9.17, 15) is 4.79 Å². The molecule has 114 valence electrons. The van der Waals surface area contributed by atoms with Crippen molar-refractivity contribution in [1.82, 2.24) is 0 Å². The maximum atomic E-state index is 12.2. The standard InChI is InChI=1S/C20H18N2O/c1-15-7-5-10-17(13-15)21-18-11-6-12-19(14-18)22-20(23)16-8-3-2-4-9-16/h2-14,21H,1H3,(H,22,23). The first-order valence-corrected chi connectivity index (χ1v) is 7.51. The minimum absolute atomic E-state index is 0.113. The van der Waals surface area contributed by atoms with Crippen LogP contribution in [0.15, 0.2) is 78.9 Å². The molecular weight excluding hydrogens is 284 g/mol. The van der Waals surface area contributed by atoms with E-state index in [0.29, 0.717) is 5.56 Å². The van der Waals surface area contributed by atoms with Crippen LogP contribution in [0, 0.1) is 6.92 Å². The van der Waals surface area contributed by atoms with Crippen LogP contribution in [0.2, 0.25) is 0 Å². The van der Waals surface area contributed by atoms with Gasteiger partial charge in [0.1, 0.15) is 0 Å². The quantitative estimate of drug-likeness (QED) is 0.712. The fourth-order valence-corrected chi connectivity index (χ4v) is 2.36. The van der Waals surface area contributed by atoms with E-state index in [1.165, 1.54) is 5.56 Å². The summed E-state index contributed by atoms with van der Waals surface area (Å²) in [5.74, 6) is -0.113. The molecule has 0 heterocycles. The van der Waals surface area contributed by atoms with Crippen molar-refractivity contribution in [1.29, 1.82) is 0 Å². The zero-order valence-corrected chi connectivity index (χ0v) is 12.9. The summed E-state index contributed by atoms with van der Waals surface area (Å²) < 4.78 is 0. The van der Waals surface area contributed by atoms with Crippen molar-refractivity contribution < 1.29 is 4.79 Å². The second kappa shape index (κ2) is 6.79. The molecule has 0 saturated carbocycles. The first-order chi connectivity index (χ1) is 11.2. The van der Waals surface area contributed by atoms with Gasteiger partial charge >= 0.3 is 0 Å². The molecular formula is C20H18N2O. The molecule has 0 atom stereocenters. The van der Waals surface area contributed by atoms with Gasteiger partial charge in [-0.1, -0.05) is 36.4 Å². The highest BCUT2D eigenvalue weighted by Gasteiger charge is 2.05. The molecule has 0 saturated heterocycles. The van der Waals surface area contributed by atoms with Gasteiger partial charge in [0, 0.05) is 22.6 Å². The zero-order valence-electron chi connectivity index (χ0n) is 12.9. The molecule has 0 fully saturated rings. The van der Waals surface area contributed by atoms with Gasteiger partial charge in [-0.25, -0.2) is 0 Å². The largest absolute Gasteiger partial charge is 0.355 e. The molecule has 1 amide bonds. The minimum Gasteiger partial charge on any atom is -0.355 e. The Morgan fingerprint density at radius 3 is 2.13 bits per heavy atom. The van der Waals surface area contributed by atoms with Gasteiger partial charge in [0.15, 0.2) is 0 Å². The molecule has 3 aromatic rings. The Morgan fingerprint density at radius 1 is 0.739 bits per heavy atom. The summed E-state index contributed by atoms with van der Waals surface area (Å²) in [6.07, 6.45) is 0. The van der Waals surface area contributed by atoms with Crippen molar-refractivity contribution in [2.24, 2.45) is 0 Å². The lowest BCUT2D eigenvalue weighted by Crippen LogP contribution is -2.11. The second-order valence-electron chi connectivity index (χ2n) is 5.40. The first-order valence-electron chi connectivity index (χ1n) is 7.51. The van der Waals surface area contributed by atoms with Crippen LogP contribution in [0.3, 0.4) is 0 Å². The van der Waals surface area contributed by atoms with Gasteiger partial charge in [-0.05, 0) is 55.0 Å². The highest BCUT2D eigenvalue weighted by molar-refractivity contribution is 6.04. The number of benzene rings is 3. The summed E-state index contributed by atoms with van der Waals surface area (Å²) in [4.78, 5) is 12.2. The average Bonchev–Trinajstić information content (AvgIpc) is 2.56. The van der Waals surface area contributed by atoms with Crippen molar-refractivity contribution in [3.8, 4) is 0 Å². The van der Waals surface area contributed by atoms with E-state index < -0.39 is 0 Å². The van der Waals surface area contributed by atoms with Crippen LogP contribution in [-0.2, 0) is 0 Å². The normalized spacial score (nSPS) is 10.1. The van der Waals surface area contributed by atoms with Crippen molar-refractivity contribution in [3.05, 3.63) is 90.0 Å². The van der Waals surface area contributed by atoms with E-state index in [-0.39, 0.29) is 5.91 Å². The number of amides is 1. The summed E-state index contributed by atoms with van der Waals surface area (Å²) in [6.45, 7) is 2.06. The van der Waals surface area contributed by atoms with Crippen LogP contribution in [-0.4, -0.2) is 5.91 Å². The predicted octanol–water partition coefficient (Wildman–Crippen LogP) is 4.99. The Labute approximate surface area is 136 Å². The molecule has 0 spiro atoms. The highest BCUT2D eigenvalue weighted by Crippen LogP contribution is 2.21. The molecule has 0 bridgehead atoms. The van der Waals surface area contributed by atoms with Gasteiger partial charge in [0.25, 0.3) is 5.91 Å². The van der Waals surface area contributed by atoms with Crippen LogP contribution in [0.4, 0.5) is 17.1 Å². The topological polar surface area (TPSA) is 41.1 Å². The molecule has 0 aliphatic heterocycles. The maximum Gasteiger partial charge on any atom is 0.255 e. The van der Waals surface area contributed by atoms with E-state index in [2.05, 4.69) is 29.7 Å². The van der Waals surface area contributed by atoms with Gasteiger partial charge in [-0.3, -0.25) is 4.79 Å². The van der Waals surface area contributed by atoms with Gasteiger partial charge in [0.2, 0.25) is 0 Å². The van der Waals surface area contributed by atoms with Crippen LogP contribution < -0.4 is 10.6 Å². The third kappa shape index (κ3) is 3.98. The van der Waals surface area contributed by atoms with Crippen LogP contribution >= 0.6 is 0 Å². The molecule has 3 rings (SSSR count). The van der Waals surface area contributed by atoms with E-state index in [1.54, 1.807) is 12.1 Å². The minimum atomic E-state index is -0.113. The van der Waals surface area contributed by atoms with E-state index in [0.717, 1.165) is 17.1 Å². The third-order valence-corrected chi connectivity index (χ3v) is 3.46. The zero-order chi connectivity index (χ0) is 16.1. The fourth-order valence-electron chi connectivity index (χ4n) is 2.36. The van der Waals surface area contributed by atoms with Gasteiger partial charge in [-0.2, -0.15) is 0 Å². The molecule has 3 nitrogen and oxygen atoms in total. The Bertz CT molecular complexity index is 813. The number of nitrogens with one attached hydrogen (secondary N) is 2. The lowest BCUT2D eigenvalue weighted by molar-refractivity contribution is 0.102. The van der Waals surface area contributed by atoms with Gasteiger partial charge < -0.3 is 10.6 Å². The number of rotatable bonds is 4. The maximum absolute atomic E-state index is 12.2. The van der Waals surface area contributed by atoms with Crippen molar-refractivity contribution in [2.75, 3.05) is 10.6 Å². The molecule has 0 aliphatic rings. The first kappa shape index (κ1) is 14.9. The molecule has 0 aliphatic carbocycles. The van der Waals surface area contributed by atoms with E-state index in [4.69, 9.17) is 0 Å². The summed E-state index contributed by atoms with van der Waals surface area (Å²) in [6, 6.07) is 25.0. The number of hydrogen-bond acceptors (Lipinski definition) is 2. The second-order valence-corrected chi connectivity index (χ2v) is 5.40.